The van der Waals surface area contributed by atoms with Crippen molar-refractivity contribution in [3.8, 4) is 0 Å². The van der Waals surface area contributed by atoms with Crippen molar-refractivity contribution in [2.45, 2.75) is 13.0 Å². The maximum Gasteiger partial charge on any atom is 0.274 e. The van der Waals surface area contributed by atoms with Crippen LogP contribution < -0.4 is 10.6 Å². The normalized spacial score (nSPS) is 18.5. The van der Waals surface area contributed by atoms with Gasteiger partial charge in [-0.2, -0.15) is 0 Å². The zero-order chi connectivity index (χ0) is 10.7. The molecule has 6 nitrogen and oxygen atoms in total. The van der Waals surface area contributed by atoms with E-state index in [1.807, 2.05) is 0 Å². The summed E-state index contributed by atoms with van der Waals surface area (Å²) in [6.45, 7) is 1.15. The van der Waals surface area contributed by atoms with E-state index in [0.29, 0.717) is 5.57 Å². The van der Waals surface area contributed by atoms with Gasteiger partial charge in [0.05, 0.1) is 12.7 Å². The van der Waals surface area contributed by atoms with Crippen molar-refractivity contribution < 1.29 is 19.8 Å². The van der Waals surface area contributed by atoms with Crippen LogP contribution >= 0.6 is 0 Å². The summed E-state index contributed by atoms with van der Waals surface area (Å²) < 4.78 is 0. The van der Waals surface area contributed by atoms with Crippen LogP contribution in [0.4, 0.5) is 0 Å². The molecule has 14 heavy (non-hydrogen) atoms. The van der Waals surface area contributed by atoms with Crippen molar-refractivity contribution in [3.05, 3.63) is 11.3 Å². The van der Waals surface area contributed by atoms with Gasteiger partial charge in [0.15, 0.2) is 0 Å². The van der Waals surface area contributed by atoms with Gasteiger partial charge in [0.2, 0.25) is 0 Å². The molecular formula is C8H12N2O4. The van der Waals surface area contributed by atoms with Crippen molar-refractivity contribution in [1.29, 1.82) is 0 Å². The van der Waals surface area contributed by atoms with Crippen LogP contribution in [0, 0.1) is 0 Å². The molecule has 6 heteroatoms. The highest BCUT2D eigenvalue weighted by molar-refractivity contribution is 6.18. The second kappa shape index (κ2) is 4.21. The summed E-state index contributed by atoms with van der Waals surface area (Å²) in [6.07, 6.45) is -0.946. The lowest BCUT2D eigenvalue weighted by molar-refractivity contribution is -0.124. The van der Waals surface area contributed by atoms with Crippen molar-refractivity contribution in [3.63, 3.8) is 0 Å². The smallest absolute Gasteiger partial charge is 0.274 e. The monoisotopic (exact) mass is 200 g/mol. The third kappa shape index (κ3) is 2.09. The molecule has 4 N–H and O–H groups in total. The molecule has 78 valence electrons. The fourth-order valence-corrected chi connectivity index (χ4v) is 1.04. The number of imide groups is 1. The molecule has 0 bridgehead atoms. The zero-order valence-corrected chi connectivity index (χ0v) is 7.70. The maximum atomic E-state index is 11.1. The Kier molecular flexibility index (Phi) is 3.21. The van der Waals surface area contributed by atoms with Crippen LogP contribution in [0.5, 0.6) is 0 Å². The quantitative estimate of drug-likeness (QED) is 0.388. The molecule has 0 spiro atoms. The molecule has 1 atom stereocenters. The maximum absolute atomic E-state index is 11.1. The highest BCUT2D eigenvalue weighted by Crippen LogP contribution is 2.08. The Morgan fingerprint density at radius 3 is 2.50 bits per heavy atom. The molecule has 0 aromatic rings. The number of rotatable bonds is 4. The number of aliphatic hydroxyl groups excluding tert-OH is 2. The van der Waals surface area contributed by atoms with E-state index in [1.54, 1.807) is 0 Å². The standard InChI is InChI=1S/C8H12N2O4/c1-4-6(8(14)10-7(4)13)9-2-5(12)3-11/h5,11-12H,2-3H2,1H3,(H2,9,10,13,14). The van der Waals surface area contributed by atoms with Gasteiger partial charge in [-0.3, -0.25) is 14.9 Å². The molecule has 0 radical (unpaired) electrons. The number of aliphatic hydroxyl groups is 2. The lowest BCUT2D eigenvalue weighted by Gasteiger charge is -2.09. The predicted octanol–water partition coefficient (Wildman–Crippen LogP) is -2.14. The number of carbonyl (C=O) groups is 2. The number of carbonyl (C=O) groups excluding carboxylic acids is 2. The summed E-state index contributed by atoms with van der Waals surface area (Å²) in [5.74, 6) is -0.936. The van der Waals surface area contributed by atoms with Crippen LogP contribution in [0.2, 0.25) is 0 Å². The van der Waals surface area contributed by atoms with Gasteiger partial charge in [0.25, 0.3) is 11.8 Å². The molecule has 0 aliphatic carbocycles. The summed E-state index contributed by atoms with van der Waals surface area (Å²) in [7, 11) is 0. The summed E-state index contributed by atoms with van der Waals surface area (Å²) in [5.41, 5.74) is 0.447. The number of amides is 2. The average molecular weight is 200 g/mol. The van der Waals surface area contributed by atoms with Crippen molar-refractivity contribution >= 4 is 11.8 Å². The Labute approximate surface area is 80.6 Å². The second-order valence-electron chi connectivity index (χ2n) is 3.00. The average Bonchev–Trinajstić information content (AvgIpc) is 2.39. The first-order valence-electron chi connectivity index (χ1n) is 4.15. The van der Waals surface area contributed by atoms with Crippen LogP contribution in [0.15, 0.2) is 11.3 Å². The van der Waals surface area contributed by atoms with E-state index in [-0.39, 0.29) is 12.2 Å². The molecule has 0 aromatic carbocycles. The highest BCUT2D eigenvalue weighted by atomic mass is 16.3. The minimum Gasteiger partial charge on any atom is -0.394 e. The van der Waals surface area contributed by atoms with Crippen LogP contribution in [0.25, 0.3) is 0 Å². The predicted molar refractivity (Wildman–Crippen MR) is 46.9 cm³/mol. The molecule has 0 aromatic heterocycles. The summed E-state index contributed by atoms with van der Waals surface area (Å²) in [4.78, 5) is 22.1. The Hall–Kier alpha value is -1.40. The van der Waals surface area contributed by atoms with E-state index in [9.17, 15) is 9.59 Å². The molecule has 0 saturated carbocycles. The Bertz CT molecular complexity index is 298. The molecule has 1 heterocycles. The van der Waals surface area contributed by atoms with Gasteiger partial charge in [0.1, 0.15) is 5.70 Å². The molecule has 1 aliphatic heterocycles. The van der Waals surface area contributed by atoms with E-state index in [0.717, 1.165) is 0 Å². The van der Waals surface area contributed by atoms with E-state index in [4.69, 9.17) is 10.2 Å². The van der Waals surface area contributed by atoms with Crippen molar-refractivity contribution in [2.24, 2.45) is 0 Å². The number of hydrogen-bond donors (Lipinski definition) is 4. The van der Waals surface area contributed by atoms with Gasteiger partial charge in [-0.15, -0.1) is 0 Å². The minimum atomic E-state index is -0.946. The second-order valence-corrected chi connectivity index (χ2v) is 3.00. The summed E-state index contributed by atoms with van der Waals surface area (Å²) >= 11 is 0. The largest absolute Gasteiger partial charge is 0.394 e. The topological polar surface area (TPSA) is 98.7 Å². The fraction of sp³-hybridized carbons (Fsp3) is 0.500. The first-order chi connectivity index (χ1) is 6.56. The molecule has 1 unspecified atom stereocenters. The number of hydrogen-bond acceptors (Lipinski definition) is 5. The fourth-order valence-electron chi connectivity index (χ4n) is 1.04. The van der Waals surface area contributed by atoms with Gasteiger partial charge < -0.3 is 15.5 Å². The SMILES string of the molecule is CC1=C(NCC(O)CO)C(=O)NC1=O. The van der Waals surface area contributed by atoms with Gasteiger partial charge in [0, 0.05) is 12.1 Å². The molecule has 1 aliphatic rings. The lowest BCUT2D eigenvalue weighted by atomic mass is 10.2. The molecule has 2 amide bonds. The van der Waals surface area contributed by atoms with Crippen LogP contribution in [0.3, 0.4) is 0 Å². The molecule has 0 fully saturated rings. The van der Waals surface area contributed by atoms with Gasteiger partial charge >= 0.3 is 0 Å². The van der Waals surface area contributed by atoms with Gasteiger partial charge in [-0.25, -0.2) is 0 Å². The summed E-state index contributed by atoms with van der Waals surface area (Å²) in [5, 5.41) is 22.2. The Morgan fingerprint density at radius 2 is 2.07 bits per heavy atom. The van der Waals surface area contributed by atoms with Crippen molar-refractivity contribution in [1.82, 2.24) is 10.6 Å². The first kappa shape index (κ1) is 10.7. The van der Waals surface area contributed by atoms with E-state index in [2.05, 4.69) is 10.6 Å². The Morgan fingerprint density at radius 1 is 1.43 bits per heavy atom. The number of nitrogens with one attached hydrogen (secondary N) is 2. The zero-order valence-electron chi connectivity index (χ0n) is 7.70. The highest BCUT2D eigenvalue weighted by Gasteiger charge is 2.26. The molecule has 1 rings (SSSR count). The van der Waals surface area contributed by atoms with Crippen LogP contribution in [-0.2, 0) is 9.59 Å². The van der Waals surface area contributed by atoms with Gasteiger partial charge in [-0.1, -0.05) is 0 Å². The van der Waals surface area contributed by atoms with E-state index < -0.39 is 24.5 Å². The van der Waals surface area contributed by atoms with Crippen LogP contribution in [-0.4, -0.2) is 41.3 Å². The molecular weight excluding hydrogens is 188 g/mol. The lowest BCUT2D eigenvalue weighted by Crippen LogP contribution is -2.33. The van der Waals surface area contributed by atoms with Crippen LogP contribution in [0.1, 0.15) is 6.92 Å². The Balaban J connectivity index is 2.59. The molecule has 0 saturated heterocycles. The third-order valence-corrected chi connectivity index (χ3v) is 1.89. The van der Waals surface area contributed by atoms with E-state index >= 15 is 0 Å². The minimum absolute atomic E-state index is 0.0316. The first-order valence-corrected chi connectivity index (χ1v) is 4.15. The van der Waals surface area contributed by atoms with Crippen molar-refractivity contribution in [2.75, 3.05) is 13.2 Å². The summed E-state index contributed by atoms with van der Waals surface area (Å²) in [6, 6.07) is 0. The van der Waals surface area contributed by atoms with E-state index in [1.165, 1.54) is 6.92 Å². The van der Waals surface area contributed by atoms with Gasteiger partial charge in [-0.05, 0) is 6.92 Å². The third-order valence-electron chi connectivity index (χ3n) is 1.89.